The molecule has 38 heavy (non-hydrogen) atoms. The van der Waals surface area contributed by atoms with Crippen LogP contribution < -0.4 is 21.7 Å². The molecule has 3 amide bonds. The number of aromatic nitrogens is 1. The lowest BCUT2D eigenvalue weighted by molar-refractivity contribution is -0.143. The van der Waals surface area contributed by atoms with Crippen molar-refractivity contribution < 1.29 is 39.3 Å². The number of carboxylic acid groups (broad SMARTS) is 2. The number of hydrogen-bond donors (Lipinski definition) is 8. The van der Waals surface area contributed by atoms with Gasteiger partial charge in [0.1, 0.15) is 18.1 Å². The van der Waals surface area contributed by atoms with Crippen LogP contribution in [0.1, 0.15) is 38.7 Å². The Hall–Kier alpha value is -3.97. The van der Waals surface area contributed by atoms with Crippen molar-refractivity contribution >= 4 is 40.6 Å². The van der Waals surface area contributed by atoms with Crippen LogP contribution in [0.3, 0.4) is 0 Å². The monoisotopic (exact) mass is 533 g/mol. The minimum atomic E-state index is -1.51. The first-order chi connectivity index (χ1) is 18.0. The number of fused-ring (bicyclic) bond motifs is 1. The Morgan fingerprint density at radius 2 is 1.55 bits per heavy atom. The van der Waals surface area contributed by atoms with Crippen molar-refractivity contribution in [2.45, 2.75) is 63.7 Å². The molecule has 0 saturated carbocycles. The molecule has 1 aromatic carbocycles. The minimum absolute atomic E-state index is 0.0642. The molecule has 5 atom stereocenters. The fourth-order valence-electron chi connectivity index (χ4n) is 3.77. The Morgan fingerprint density at radius 1 is 0.947 bits per heavy atom. The summed E-state index contributed by atoms with van der Waals surface area (Å²) in [5.74, 6) is -5.25. The number of aromatic amines is 1. The Labute approximate surface area is 219 Å². The number of aliphatic hydroxyl groups is 1. The molecule has 2 aromatic rings. The fraction of sp³-hybridized carbons (Fsp3) is 0.480. The molecule has 0 saturated heterocycles. The van der Waals surface area contributed by atoms with Gasteiger partial charge in [-0.05, 0) is 24.0 Å². The van der Waals surface area contributed by atoms with Crippen molar-refractivity contribution in [3.8, 4) is 0 Å². The summed E-state index contributed by atoms with van der Waals surface area (Å²) < 4.78 is 0. The molecule has 208 valence electrons. The molecule has 0 spiro atoms. The van der Waals surface area contributed by atoms with Crippen molar-refractivity contribution in [2.75, 3.05) is 6.61 Å². The van der Waals surface area contributed by atoms with E-state index in [-0.39, 0.29) is 18.8 Å². The number of benzene rings is 1. The molecule has 1 aromatic heterocycles. The van der Waals surface area contributed by atoms with E-state index in [1.807, 2.05) is 19.1 Å². The van der Waals surface area contributed by atoms with Crippen molar-refractivity contribution in [3.63, 3.8) is 0 Å². The number of carbonyl (C=O) groups is 5. The normalized spacial score (nSPS) is 15.1. The quantitative estimate of drug-likeness (QED) is 0.147. The number of aliphatic carboxylic acids is 2. The molecular weight excluding hydrogens is 498 g/mol. The molecular formula is C25H35N5O8. The SMILES string of the molecule is CCC(C)C(N)C(=O)NC(CO)C(=O)NC(Cc1c[nH]c2ccccc12)C(=O)NC(CCC(=O)O)C(=O)O. The van der Waals surface area contributed by atoms with Gasteiger partial charge in [-0.15, -0.1) is 0 Å². The number of H-pyrrole nitrogens is 1. The van der Waals surface area contributed by atoms with Gasteiger partial charge in [-0.25, -0.2) is 4.79 Å². The zero-order valence-corrected chi connectivity index (χ0v) is 21.3. The average molecular weight is 534 g/mol. The van der Waals surface area contributed by atoms with Gasteiger partial charge < -0.3 is 42.0 Å². The Kier molecular flexibility index (Phi) is 11.2. The number of amides is 3. The van der Waals surface area contributed by atoms with E-state index in [9.17, 15) is 34.2 Å². The van der Waals surface area contributed by atoms with E-state index < -0.39 is 66.9 Å². The molecule has 1 heterocycles. The predicted octanol–water partition coefficient (Wildman–Crippen LogP) is -0.520. The maximum atomic E-state index is 13.2. The average Bonchev–Trinajstić information content (AvgIpc) is 3.30. The molecule has 13 heteroatoms. The van der Waals surface area contributed by atoms with E-state index in [2.05, 4.69) is 20.9 Å². The Morgan fingerprint density at radius 3 is 2.16 bits per heavy atom. The van der Waals surface area contributed by atoms with E-state index >= 15 is 0 Å². The maximum Gasteiger partial charge on any atom is 0.326 e. The number of nitrogens with two attached hydrogens (primary N) is 1. The summed E-state index contributed by atoms with van der Waals surface area (Å²) in [5.41, 5.74) is 7.33. The van der Waals surface area contributed by atoms with E-state index in [1.165, 1.54) is 0 Å². The van der Waals surface area contributed by atoms with E-state index in [0.717, 1.165) is 10.9 Å². The van der Waals surface area contributed by atoms with Crippen molar-refractivity contribution in [1.29, 1.82) is 0 Å². The highest BCUT2D eigenvalue weighted by Gasteiger charge is 2.31. The first-order valence-electron chi connectivity index (χ1n) is 12.3. The molecule has 0 aliphatic rings. The summed E-state index contributed by atoms with van der Waals surface area (Å²) in [5, 5.41) is 36.0. The topological polar surface area (TPSA) is 224 Å². The lowest BCUT2D eigenvalue weighted by Crippen LogP contribution is -2.59. The van der Waals surface area contributed by atoms with Crippen LogP contribution in [0, 0.1) is 5.92 Å². The third-order valence-electron chi connectivity index (χ3n) is 6.37. The standard InChI is InChI=1S/C25H35N5O8/c1-3-13(2)21(26)24(36)30-19(12-31)23(35)29-18(10-14-11-27-16-7-5-4-6-15(14)16)22(34)28-17(25(37)38)8-9-20(32)33/h4-7,11,13,17-19,21,27,31H,3,8-10,12,26H2,1-2H3,(H,28,34)(H,29,35)(H,30,36)(H,32,33)(H,37,38). The summed E-state index contributed by atoms with van der Waals surface area (Å²) in [7, 11) is 0. The number of nitrogens with one attached hydrogen (secondary N) is 4. The number of para-hydroxylation sites is 1. The van der Waals surface area contributed by atoms with E-state index in [4.69, 9.17) is 10.8 Å². The van der Waals surface area contributed by atoms with Crippen LogP contribution in [0.5, 0.6) is 0 Å². The van der Waals surface area contributed by atoms with Gasteiger partial charge in [0.2, 0.25) is 17.7 Å². The molecule has 9 N–H and O–H groups in total. The Balaban J connectivity index is 2.27. The molecule has 5 unspecified atom stereocenters. The smallest absolute Gasteiger partial charge is 0.326 e. The lowest BCUT2D eigenvalue weighted by Gasteiger charge is -2.25. The van der Waals surface area contributed by atoms with Gasteiger partial charge in [0.25, 0.3) is 0 Å². The zero-order valence-electron chi connectivity index (χ0n) is 21.3. The Bertz CT molecular complexity index is 1150. The van der Waals surface area contributed by atoms with Crippen LogP contribution >= 0.6 is 0 Å². The number of carbonyl (C=O) groups excluding carboxylic acids is 3. The van der Waals surface area contributed by atoms with Crippen LogP contribution in [-0.4, -0.2) is 80.7 Å². The summed E-state index contributed by atoms with van der Waals surface area (Å²) >= 11 is 0. The molecule has 0 aliphatic heterocycles. The van der Waals surface area contributed by atoms with Gasteiger partial charge in [-0.3, -0.25) is 19.2 Å². The van der Waals surface area contributed by atoms with Crippen LogP contribution in [0.15, 0.2) is 30.5 Å². The van der Waals surface area contributed by atoms with Gasteiger partial charge in [0.05, 0.1) is 12.6 Å². The van der Waals surface area contributed by atoms with Gasteiger partial charge in [0.15, 0.2) is 0 Å². The molecule has 0 bridgehead atoms. The van der Waals surface area contributed by atoms with E-state index in [1.54, 1.807) is 25.3 Å². The van der Waals surface area contributed by atoms with Crippen molar-refractivity contribution in [3.05, 3.63) is 36.0 Å². The number of aliphatic hydroxyl groups excluding tert-OH is 1. The van der Waals surface area contributed by atoms with Crippen molar-refractivity contribution in [1.82, 2.24) is 20.9 Å². The van der Waals surface area contributed by atoms with Crippen LogP contribution in [0.2, 0.25) is 0 Å². The summed E-state index contributed by atoms with van der Waals surface area (Å²) in [4.78, 5) is 64.2. The van der Waals surface area contributed by atoms with Gasteiger partial charge in [0, 0.05) is 29.9 Å². The lowest BCUT2D eigenvalue weighted by atomic mass is 9.99. The van der Waals surface area contributed by atoms with Crippen LogP contribution in [-0.2, 0) is 30.4 Å². The maximum absolute atomic E-state index is 13.2. The molecule has 2 rings (SSSR count). The van der Waals surface area contributed by atoms with Crippen molar-refractivity contribution in [2.24, 2.45) is 11.7 Å². The highest BCUT2D eigenvalue weighted by Crippen LogP contribution is 2.19. The third kappa shape index (κ3) is 8.28. The van der Waals surface area contributed by atoms with E-state index in [0.29, 0.717) is 12.0 Å². The first kappa shape index (κ1) is 30.3. The number of rotatable bonds is 15. The van der Waals surface area contributed by atoms with Crippen LogP contribution in [0.4, 0.5) is 0 Å². The highest BCUT2D eigenvalue weighted by molar-refractivity contribution is 5.95. The zero-order chi connectivity index (χ0) is 28.4. The third-order valence-corrected chi connectivity index (χ3v) is 6.37. The number of carboxylic acids is 2. The van der Waals surface area contributed by atoms with Crippen LogP contribution in [0.25, 0.3) is 10.9 Å². The molecule has 0 fully saturated rings. The van der Waals surface area contributed by atoms with Gasteiger partial charge in [-0.2, -0.15) is 0 Å². The second-order valence-corrected chi connectivity index (χ2v) is 9.11. The summed E-state index contributed by atoms with van der Waals surface area (Å²) in [6.45, 7) is 2.84. The molecule has 13 nitrogen and oxygen atoms in total. The summed E-state index contributed by atoms with van der Waals surface area (Å²) in [6, 6.07) is 2.06. The predicted molar refractivity (Wildman–Crippen MR) is 137 cm³/mol. The minimum Gasteiger partial charge on any atom is -0.481 e. The highest BCUT2D eigenvalue weighted by atomic mass is 16.4. The second kappa shape index (κ2) is 14.1. The first-order valence-corrected chi connectivity index (χ1v) is 12.3. The van der Waals surface area contributed by atoms with Gasteiger partial charge >= 0.3 is 11.9 Å². The fourth-order valence-corrected chi connectivity index (χ4v) is 3.77. The largest absolute Gasteiger partial charge is 0.481 e. The number of hydrogen-bond acceptors (Lipinski definition) is 7. The second-order valence-electron chi connectivity index (χ2n) is 9.11. The van der Waals surface area contributed by atoms with Gasteiger partial charge in [-0.1, -0.05) is 38.5 Å². The summed E-state index contributed by atoms with van der Waals surface area (Å²) in [6.07, 6.45) is 1.33. The molecule has 0 aliphatic carbocycles. The molecule has 0 radical (unpaired) electrons.